The van der Waals surface area contributed by atoms with Crippen LogP contribution in [0.3, 0.4) is 0 Å². The summed E-state index contributed by atoms with van der Waals surface area (Å²) in [6, 6.07) is 3.87. The molecule has 1 rings (SSSR count). The Morgan fingerprint density at radius 3 is 2.64 bits per heavy atom. The lowest BCUT2D eigenvalue weighted by atomic mass is 9.92. The van der Waals surface area contributed by atoms with Gasteiger partial charge in [-0.3, -0.25) is 0 Å². The number of aldehydes is 1. The van der Waals surface area contributed by atoms with Gasteiger partial charge in [0.2, 0.25) is 0 Å². The number of carbonyl (C=O) groups is 1. The summed E-state index contributed by atoms with van der Waals surface area (Å²) in [7, 11) is 0. The second-order valence-electron chi connectivity index (χ2n) is 3.75. The molecule has 1 unspecified atom stereocenters. The zero-order valence-corrected chi connectivity index (χ0v) is 8.87. The molecule has 0 aromatic heterocycles. The van der Waals surface area contributed by atoms with Crippen LogP contribution in [0, 0.1) is 13.8 Å². The summed E-state index contributed by atoms with van der Waals surface area (Å²) < 4.78 is 0. The molecule has 0 aliphatic carbocycles. The third-order valence-corrected chi connectivity index (χ3v) is 2.66. The molecule has 1 N–H and O–H groups in total. The summed E-state index contributed by atoms with van der Waals surface area (Å²) >= 11 is 0. The summed E-state index contributed by atoms with van der Waals surface area (Å²) in [5.41, 5.74) is 2.82. The maximum absolute atomic E-state index is 10.4. The summed E-state index contributed by atoms with van der Waals surface area (Å²) in [4.78, 5) is 10.4. The van der Waals surface area contributed by atoms with Crippen LogP contribution in [0.4, 0.5) is 0 Å². The highest BCUT2D eigenvalue weighted by Crippen LogP contribution is 2.30. The van der Waals surface area contributed by atoms with Crippen LogP contribution >= 0.6 is 0 Å². The van der Waals surface area contributed by atoms with Crippen molar-refractivity contribution < 1.29 is 9.90 Å². The van der Waals surface area contributed by atoms with Gasteiger partial charge in [0.05, 0.1) is 0 Å². The van der Waals surface area contributed by atoms with Crippen molar-refractivity contribution in [1.82, 2.24) is 0 Å². The van der Waals surface area contributed by atoms with E-state index in [1.165, 1.54) is 0 Å². The van der Waals surface area contributed by atoms with Crippen molar-refractivity contribution in [3.63, 3.8) is 0 Å². The topological polar surface area (TPSA) is 37.3 Å². The molecule has 0 spiro atoms. The highest BCUT2D eigenvalue weighted by Gasteiger charge is 2.11. The van der Waals surface area contributed by atoms with Gasteiger partial charge in [0.1, 0.15) is 12.0 Å². The van der Waals surface area contributed by atoms with E-state index in [1.807, 2.05) is 32.9 Å². The first-order valence-corrected chi connectivity index (χ1v) is 4.80. The number of aryl methyl sites for hydroxylation is 1. The van der Waals surface area contributed by atoms with Gasteiger partial charge in [0, 0.05) is 6.42 Å². The van der Waals surface area contributed by atoms with Crippen molar-refractivity contribution >= 4 is 6.29 Å². The van der Waals surface area contributed by atoms with Gasteiger partial charge in [0.15, 0.2) is 0 Å². The summed E-state index contributed by atoms with van der Waals surface area (Å²) in [6.07, 6.45) is 1.42. The van der Waals surface area contributed by atoms with Crippen molar-refractivity contribution in [2.45, 2.75) is 33.1 Å². The van der Waals surface area contributed by atoms with E-state index < -0.39 is 0 Å². The molecule has 1 aromatic carbocycles. The van der Waals surface area contributed by atoms with Gasteiger partial charge in [-0.15, -0.1) is 0 Å². The molecule has 0 fully saturated rings. The number of benzene rings is 1. The number of phenolic OH excluding ortho intramolecular Hbond substituents is 1. The molecule has 14 heavy (non-hydrogen) atoms. The first-order valence-electron chi connectivity index (χ1n) is 4.80. The first kappa shape index (κ1) is 10.8. The third kappa shape index (κ3) is 1.95. The minimum Gasteiger partial charge on any atom is -0.507 e. The van der Waals surface area contributed by atoms with E-state index in [-0.39, 0.29) is 5.92 Å². The molecule has 0 saturated heterocycles. The van der Waals surface area contributed by atoms with Gasteiger partial charge in [0.25, 0.3) is 0 Å². The largest absolute Gasteiger partial charge is 0.507 e. The maximum Gasteiger partial charge on any atom is 0.121 e. The normalized spacial score (nSPS) is 12.5. The van der Waals surface area contributed by atoms with Crippen LogP contribution < -0.4 is 0 Å². The molecule has 1 aromatic rings. The molecule has 0 amide bonds. The van der Waals surface area contributed by atoms with Crippen molar-refractivity contribution in [2.24, 2.45) is 0 Å². The lowest BCUT2D eigenvalue weighted by molar-refractivity contribution is -0.108. The molecule has 0 heterocycles. The van der Waals surface area contributed by atoms with E-state index in [0.717, 1.165) is 23.0 Å². The fraction of sp³-hybridized carbons (Fsp3) is 0.417. The third-order valence-electron chi connectivity index (χ3n) is 2.66. The van der Waals surface area contributed by atoms with E-state index in [0.29, 0.717) is 12.2 Å². The number of hydrogen-bond acceptors (Lipinski definition) is 2. The van der Waals surface area contributed by atoms with Gasteiger partial charge in [-0.05, 0) is 36.5 Å². The van der Waals surface area contributed by atoms with Gasteiger partial charge < -0.3 is 9.90 Å². The smallest absolute Gasteiger partial charge is 0.121 e. The summed E-state index contributed by atoms with van der Waals surface area (Å²) in [6.45, 7) is 5.75. The van der Waals surface area contributed by atoms with Crippen LogP contribution in [0.1, 0.15) is 36.0 Å². The van der Waals surface area contributed by atoms with Crippen LogP contribution in [-0.2, 0) is 4.79 Å². The second kappa shape index (κ2) is 4.27. The number of carbonyl (C=O) groups excluding carboxylic acids is 1. The summed E-state index contributed by atoms with van der Waals surface area (Å²) in [5.74, 6) is 0.527. The lowest BCUT2D eigenvalue weighted by Crippen LogP contribution is -1.98. The number of hydrogen-bond donors (Lipinski definition) is 1. The van der Waals surface area contributed by atoms with Crippen LogP contribution in [0.2, 0.25) is 0 Å². The highest BCUT2D eigenvalue weighted by molar-refractivity contribution is 5.53. The number of rotatable bonds is 3. The average molecular weight is 192 g/mol. The Morgan fingerprint density at radius 1 is 1.43 bits per heavy atom. The number of aromatic hydroxyl groups is 1. The number of phenols is 1. The predicted octanol–water partition coefficient (Wildman–Crippen LogP) is 2.70. The highest BCUT2D eigenvalue weighted by atomic mass is 16.3. The Kier molecular flexibility index (Phi) is 3.28. The Bertz CT molecular complexity index is 342. The van der Waals surface area contributed by atoms with Gasteiger partial charge >= 0.3 is 0 Å². The molecule has 0 aliphatic heterocycles. The van der Waals surface area contributed by atoms with E-state index in [1.54, 1.807) is 0 Å². The van der Waals surface area contributed by atoms with Crippen LogP contribution in [0.25, 0.3) is 0 Å². The van der Waals surface area contributed by atoms with Crippen LogP contribution in [-0.4, -0.2) is 11.4 Å². The Morgan fingerprint density at radius 2 is 2.07 bits per heavy atom. The van der Waals surface area contributed by atoms with Gasteiger partial charge in [-0.25, -0.2) is 0 Å². The lowest BCUT2D eigenvalue weighted by Gasteiger charge is -2.14. The molecular weight excluding hydrogens is 176 g/mol. The summed E-state index contributed by atoms with van der Waals surface area (Å²) in [5, 5.41) is 9.72. The Labute approximate surface area is 84.6 Å². The quantitative estimate of drug-likeness (QED) is 0.747. The molecular formula is C12H16O2. The zero-order valence-electron chi connectivity index (χ0n) is 8.87. The standard InChI is InChI=1S/C12H16O2/c1-8(6-7-13)11-5-4-9(2)12(14)10(11)3/h4-5,7-8,14H,6H2,1-3H3. The molecule has 76 valence electrons. The van der Waals surface area contributed by atoms with Gasteiger partial charge in [-0.1, -0.05) is 19.1 Å². The fourth-order valence-corrected chi connectivity index (χ4v) is 1.66. The van der Waals surface area contributed by atoms with Crippen molar-refractivity contribution in [1.29, 1.82) is 0 Å². The SMILES string of the molecule is Cc1ccc(C(C)CC=O)c(C)c1O. The Hall–Kier alpha value is -1.31. The molecule has 0 aliphatic rings. The van der Waals surface area contributed by atoms with Crippen LogP contribution in [0.15, 0.2) is 12.1 Å². The second-order valence-corrected chi connectivity index (χ2v) is 3.75. The fourth-order valence-electron chi connectivity index (χ4n) is 1.66. The zero-order chi connectivity index (χ0) is 10.7. The first-order chi connectivity index (χ1) is 6.57. The van der Waals surface area contributed by atoms with Crippen molar-refractivity contribution in [3.8, 4) is 5.75 Å². The van der Waals surface area contributed by atoms with Crippen LogP contribution in [0.5, 0.6) is 5.75 Å². The molecule has 0 radical (unpaired) electrons. The van der Waals surface area contributed by atoms with Crippen molar-refractivity contribution in [3.05, 3.63) is 28.8 Å². The van der Waals surface area contributed by atoms with E-state index >= 15 is 0 Å². The molecule has 1 atom stereocenters. The van der Waals surface area contributed by atoms with Gasteiger partial charge in [-0.2, -0.15) is 0 Å². The minimum absolute atomic E-state index is 0.180. The molecule has 0 bridgehead atoms. The predicted molar refractivity (Wildman–Crippen MR) is 56.7 cm³/mol. The molecule has 2 heteroatoms. The Balaban J connectivity index is 3.10. The van der Waals surface area contributed by atoms with Crippen molar-refractivity contribution in [2.75, 3.05) is 0 Å². The van der Waals surface area contributed by atoms with E-state index in [4.69, 9.17) is 0 Å². The van der Waals surface area contributed by atoms with E-state index in [9.17, 15) is 9.90 Å². The molecule has 0 saturated carbocycles. The molecule has 2 nitrogen and oxygen atoms in total. The maximum atomic E-state index is 10.4. The minimum atomic E-state index is 0.180. The van der Waals surface area contributed by atoms with E-state index in [2.05, 4.69) is 0 Å². The average Bonchev–Trinajstić information content (AvgIpc) is 2.15. The monoisotopic (exact) mass is 192 g/mol.